The Kier molecular flexibility index (Phi) is 1.87. The lowest BCUT2D eigenvalue weighted by atomic mass is 9.80. The van der Waals surface area contributed by atoms with Crippen molar-refractivity contribution in [2.24, 2.45) is 11.8 Å². The molecule has 64 valence electrons. The number of hydrogen-bond acceptors (Lipinski definition) is 3. The quantitative estimate of drug-likeness (QED) is 0.538. The van der Waals surface area contributed by atoms with Crippen molar-refractivity contribution in [3.05, 3.63) is 0 Å². The van der Waals surface area contributed by atoms with Gasteiger partial charge in [-0.3, -0.25) is 0 Å². The first-order chi connectivity index (χ1) is 5.29. The van der Waals surface area contributed by atoms with Crippen LogP contribution in [0.2, 0.25) is 0 Å². The van der Waals surface area contributed by atoms with Crippen LogP contribution in [0.5, 0.6) is 0 Å². The number of rotatable bonds is 0. The summed E-state index contributed by atoms with van der Waals surface area (Å²) >= 11 is 0. The van der Waals surface area contributed by atoms with Gasteiger partial charge in [0.05, 0.1) is 0 Å². The molecule has 2 unspecified atom stereocenters. The molecule has 1 heterocycles. The van der Waals surface area contributed by atoms with Gasteiger partial charge < -0.3 is 14.9 Å². The number of hydrogen-bond donors (Lipinski definition) is 2. The van der Waals surface area contributed by atoms with Gasteiger partial charge in [-0.1, -0.05) is 12.8 Å². The molecule has 1 saturated carbocycles. The normalized spacial score (nSPS) is 50.7. The third-order valence-corrected chi connectivity index (χ3v) is 2.89. The molecule has 11 heavy (non-hydrogen) atoms. The molecule has 0 aromatic heterocycles. The smallest absolute Gasteiger partial charge is 0.160 e. The van der Waals surface area contributed by atoms with Crippen LogP contribution in [0.4, 0.5) is 0 Å². The van der Waals surface area contributed by atoms with Crippen LogP contribution < -0.4 is 0 Å². The molecule has 3 heteroatoms. The van der Waals surface area contributed by atoms with E-state index in [2.05, 4.69) is 0 Å². The van der Waals surface area contributed by atoms with E-state index in [0.29, 0.717) is 0 Å². The van der Waals surface area contributed by atoms with E-state index in [1.165, 1.54) is 0 Å². The molecule has 2 aliphatic rings. The highest BCUT2D eigenvalue weighted by Gasteiger charge is 2.43. The number of aliphatic hydroxyl groups is 2. The summed E-state index contributed by atoms with van der Waals surface area (Å²) in [4.78, 5) is 0. The minimum Gasteiger partial charge on any atom is -0.368 e. The summed E-state index contributed by atoms with van der Waals surface area (Å²) in [6, 6.07) is 0. The van der Waals surface area contributed by atoms with Crippen molar-refractivity contribution < 1.29 is 14.9 Å². The standard InChI is InChI=1S/C8H14O3/c9-7-5-3-1-2-4-6(5)8(10)11-7/h5-10H,1-4H2/t5?,6?,7-,8+. The summed E-state index contributed by atoms with van der Waals surface area (Å²) in [5.74, 6) is 0.387. The zero-order valence-electron chi connectivity index (χ0n) is 6.44. The van der Waals surface area contributed by atoms with Crippen LogP contribution in [-0.2, 0) is 4.74 Å². The fourth-order valence-electron chi connectivity index (χ4n) is 2.24. The van der Waals surface area contributed by atoms with Gasteiger partial charge in [-0.2, -0.15) is 0 Å². The summed E-state index contributed by atoms with van der Waals surface area (Å²) in [5, 5.41) is 18.6. The van der Waals surface area contributed by atoms with Crippen LogP contribution in [0.25, 0.3) is 0 Å². The molecule has 0 aromatic rings. The maximum atomic E-state index is 9.31. The van der Waals surface area contributed by atoms with E-state index in [9.17, 15) is 10.2 Å². The molecule has 1 saturated heterocycles. The van der Waals surface area contributed by atoms with Crippen molar-refractivity contribution in [2.45, 2.75) is 38.3 Å². The number of ether oxygens (including phenoxy) is 1. The maximum absolute atomic E-state index is 9.31. The molecule has 2 rings (SSSR count). The minimum absolute atomic E-state index is 0.193. The molecule has 2 N–H and O–H groups in total. The zero-order valence-corrected chi connectivity index (χ0v) is 6.44. The van der Waals surface area contributed by atoms with Crippen LogP contribution >= 0.6 is 0 Å². The Labute approximate surface area is 66.0 Å². The minimum atomic E-state index is -0.713. The molecule has 4 atom stereocenters. The van der Waals surface area contributed by atoms with Crippen molar-refractivity contribution in [2.75, 3.05) is 0 Å². The number of aliphatic hydroxyl groups excluding tert-OH is 2. The van der Waals surface area contributed by atoms with Gasteiger partial charge in [-0.15, -0.1) is 0 Å². The highest BCUT2D eigenvalue weighted by molar-refractivity contribution is 4.84. The lowest BCUT2D eigenvalue weighted by Gasteiger charge is -2.25. The van der Waals surface area contributed by atoms with Gasteiger partial charge in [0.25, 0.3) is 0 Å². The van der Waals surface area contributed by atoms with Crippen molar-refractivity contribution in [1.82, 2.24) is 0 Å². The molecule has 1 aliphatic carbocycles. The van der Waals surface area contributed by atoms with Crippen LogP contribution in [-0.4, -0.2) is 22.8 Å². The Morgan fingerprint density at radius 1 is 0.909 bits per heavy atom. The second-order valence-electron chi connectivity index (χ2n) is 3.53. The first-order valence-electron chi connectivity index (χ1n) is 4.30. The van der Waals surface area contributed by atoms with Crippen molar-refractivity contribution in [1.29, 1.82) is 0 Å². The Bertz CT molecular complexity index is 132. The summed E-state index contributed by atoms with van der Waals surface area (Å²) in [6.07, 6.45) is 2.90. The summed E-state index contributed by atoms with van der Waals surface area (Å²) in [6.45, 7) is 0. The van der Waals surface area contributed by atoms with Crippen LogP contribution in [0, 0.1) is 11.8 Å². The SMILES string of the molecule is O[C@@H]1O[C@H](O)C2CCCCC21. The molecule has 3 nitrogen and oxygen atoms in total. The molecule has 1 aliphatic heterocycles. The van der Waals surface area contributed by atoms with Crippen LogP contribution in [0.1, 0.15) is 25.7 Å². The van der Waals surface area contributed by atoms with E-state index in [4.69, 9.17) is 4.74 Å². The molecule has 0 radical (unpaired) electrons. The van der Waals surface area contributed by atoms with E-state index in [1.54, 1.807) is 0 Å². The van der Waals surface area contributed by atoms with Gasteiger partial charge in [0, 0.05) is 11.8 Å². The van der Waals surface area contributed by atoms with Gasteiger partial charge in [0.15, 0.2) is 12.6 Å². The lowest BCUT2D eigenvalue weighted by Crippen LogP contribution is -2.25. The maximum Gasteiger partial charge on any atom is 0.160 e. The molecule has 2 fully saturated rings. The summed E-state index contributed by atoms with van der Waals surface area (Å²) < 4.78 is 4.92. The Balaban J connectivity index is 2.07. The molecular formula is C8H14O3. The largest absolute Gasteiger partial charge is 0.368 e. The Morgan fingerprint density at radius 3 is 1.82 bits per heavy atom. The predicted octanol–water partition coefficient (Wildman–Crippen LogP) is 0.460. The van der Waals surface area contributed by atoms with E-state index in [0.717, 1.165) is 25.7 Å². The highest BCUT2D eigenvalue weighted by atomic mass is 16.7. The Morgan fingerprint density at radius 2 is 1.36 bits per heavy atom. The van der Waals surface area contributed by atoms with Crippen molar-refractivity contribution in [3.8, 4) is 0 Å². The second-order valence-corrected chi connectivity index (χ2v) is 3.53. The van der Waals surface area contributed by atoms with Crippen molar-refractivity contribution in [3.63, 3.8) is 0 Å². The zero-order chi connectivity index (χ0) is 7.84. The molecule has 0 amide bonds. The van der Waals surface area contributed by atoms with Gasteiger partial charge in [0.2, 0.25) is 0 Å². The van der Waals surface area contributed by atoms with E-state index >= 15 is 0 Å². The van der Waals surface area contributed by atoms with Crippen molar-refractivity contribution >= 4 is 0 Å². The van der Waals surface area contributed by atoms with E-state index in [-0.39, 0.29) is 11.8 Å². The summed E-state index contributed by atoms with van der Waals surface area (Å²) in [7, 11) is 0. The highest BCUT2D eigenvalue weighted by Crippen LogP contribution is 2.40. The van der Waals surface area contributed by atoms with Crippen LogP contribution in [0.3, 0.4) is 0 Å². The van der Waals surface area contributed by atoms with E-state index < -0.39 is 12.6 Å². The van der Waals surface area contributed by atoms with Gasteiger partial charge in [0.1, 0.15) is 0 Å². The topological polar surface area (TPSA) is 49.7 Å². The second kappa shape index (κ2) is 2.73. The monoisotopic (exact) mass is 158 g/mol. The average Bonchev–Trinajstić information content (AvgIpc) is 2.30. The molecule has 0 bridgehead atoms. The fourth-order valence-corrected chi connectivity index (χ4v) is 2.24. The average molecular weight is 158 g/mol. The molecular weight excluding hydrogens is 144 g/mol. The van der Waals surface area contributed by atoms with Gasteiger partial charge in [-0.25, -0.2) is 0 Å². The van der Waals surface area contributed by atoms with E-state index in [1.807, 2.05) is 0 Å². The first-order valence-corrected chi connectivity index (χ1v) is 4.30. The Hall–Kier alpha value is -0.120. The van der Waals surface area contributed by atoms with Crippen LogP contribution in [0.15, 0.2) is 0 Å². The molecule has 0 spiro atoms. The van der Waals surface area contributed by atoms with Gasteiger partial charge in [-0.05, 0) is 12.8 Å². The third-order valence-electron chi connectivity index (χ3n) is 2.89. The van der Waals surface area contributed by atoms with Gasteiger partial charge >= 0.3 is 0 Å². The fraction of sp³-hybridized carbons (Fsp3) is 1.00. The first kappa shape index (κ1) is 7.53. The number of fused-ring (bicyclic) bond motifs is 1. The lowest BCUT2D eigenvalue weighted by molar-refractivity contribution is -0.172. The summed E-state index contributed by atoms with van der Waals surface area (Å²) in [5.41, 5.74) is 0. The molecule has 0 aromatic carbocycles. The predicted molar refractivity (Wildman–Crippen MR) is 38.5 cm³/mol. The third kappa shape index (κ3) is 1.17.